The van der Waals surface area contributed by atoms with Crippen LogP contribution < -0.4 is 4.74 Å². The van der Waals surface area contributed by atoms with Crippen LogP contribution >= 0.6 is 0 Å². The summed E-state index contributed by atoms with van der Waals surface area (Å²) < 4.78 is 5.41. The van der Waals surface area contributed by atoms with Gasteiger partial charge in [0.2, 0.25) is 5.91 Å². The molecule has 1 saturated heterocycles. The average molecular weight is 302 g/mol. The van der Waals surface area contributed by atoms with E-state index in [4.69, 9.17) is 4.74 Å². The Hall–Kier alpha value is -2.30. The largest absolute Gasteiger partial charge is 0.490 e. The highest BCUT2D eigenvalue weighted by molar-refractivity contribution is 5.94. The number of ether oxygens (including phenoxy) is 1. The molecule has 0 aliphatic carbocycles. The minimum absolute atomic E-state index is 0.000623. The van der Waals surface area contributed by atoms with Gasteiger partial charge in [-0.2, -0.15) is 0 Å². The van der Waals surface area contributed by atoms with Crippen molar-refractivity contribution < 1.29 is 14.3 Å². The Morgan fingerprint density at radius 2 is 1.77 bits per heavy atom. The predicted octanol–water partition coefficient (Wildman–Crippen LogP) is 1.95. The zero-order valence-electron chi connectivity index (χ0n) is 13.0. The molecule has 0 atom stereocenters. The summed E-state index contributed by atoms with van der Waals surface area (Å²) in [5.74, 6) is 0.786. The SMILES string of the molecule is C=CCOc1ccc(C(=O)N2CCCN(C(C)=O)CC2)cc1. The fraction of sp³-hybridized carbons (Fsp3) is 0.412. The molecule has 1 aliphatic heterocycles. The normalized spacial score (nSPS) is 15.1. The van der Waals surface area contributed by atoms with E-state index in [2.05, 4.69) is 6.58 Å². The molecule has 0 spiro atoms. The van der Waals surface area contributed by atoms with E-state index in [0.717, 1.165) is 12.2 Å². The van der Waals surface area contributed by atoms with Crippen molar-refractivity contribution in [3.8, 4) is 5.75 Å². The quantitative estimate of drug-likeness (QED) is 0.799. The minimum Gasteiger partial charge on any atom is -0.490 e. The van der Waals surface area contributed by atoms with Gasteiger partial charge in [-0.05, 0) is 30.7 Å². The maximum absolute atomic E-state index is 12.5. The molecule has 1 aromatic rings. The molecule has 2 rings (SSSR count). The van der Waals surface area contributed by atoms with E-state index >= 15 is 0 Å². The van der Waals surface area contributed by atoms with E-state index in [1.165, 1.54) is 0 Å². The van der Waals surface area contributed by atoms with E-state index in [-0.39, 0.29) is 11.8 Å². The molecule has 5 heteroatoms. The number of amides is 2. The molecule has 0 saturated carbocycles. The standard InChI is InChI=1S/C17H22N2O3/c1-3-13-22-16-7-5-15(6-8-16)17(21)19-10-4-9-18(11-12-19)14(2)20/h3,5-8H,1,4,9-13H2,2H3. The maximum Gasteiger partial charge on any atom is 0.253 e. The van der Waals surface area contributed by atoms with Gasteiger partial charge in [0.1, 0.15) is 12.4 Å². The lowest BCUT2D eigenvalue weighted by molar-refractivity contribution is -0.128. The Bertz CT molecular complexity index is 539. The van der Waals surface area contributed by atoms with Crippen molar-refractivity contribution in [2.75, 3.05) is 32.8 Å². The number of rotatable bonds is 4. The van der Waals surface area contributed by atoms with Crippen LogP contribution in [-0.2, 0) is 4.79 Å². The Kier molecular flexibility index (Phi) is 5.58. The van der Waals surface area contributed by atoms with Crippen LogP contribution in [0.25, 0.3) is 0 Å². The maximum atomic E-state index is 12.5. The van der Waals surface area contributed by atoms with Crippen LogP contribution in [0.4, 0.5) is 0 Å². The van der Waals surface area contributed by atoms with Gasteiger partial charge >= 0.3 is 0 Å². The average Bonchev–Trinajstić information content (AvgIpc) is 2.79. The van der Waals surface area contributed by atoms with Crippen LogP contribution in [0.15, 0.2) is 36.9 Å². The predicted molar refractivity (Wildman–Crippen MR) is 84.9 cm³/mol. The van der Waals surface area contributed by atoms with Gasteiger partial charge in [-0.1, -0.05) is 12.7 Å². The van der Waals surface area contributed by atoms with Crippen LogP contribution in [0.3, 0.4) is 0 Å². The third-order valence-electron chi connectivity index (χ3n) is 3.70. The molecular weight excluding hydrogens is 280 g/mol. The van der Waals surface area contributed by atoms with Gasteiger partial charge in [0.05, 0.1) is 0 Å². The van der Waals surface area contributed by atoms with Gasteiger partial charge in [-0.15, -0.1) is 0 Å². The second-order valence-electron chi connectivity index (χ2n) is 5.28. The van der Waals surface area contributed by atoms with Gasteiger partial charge in [0.25, 0.3) is 5.91 Å². The summed E-state index contributed by atoms with van der Waals surface area (Å²) >= 11 is 0. The van der Waals surface area contributed by atoms with Gasteiger partial charge in [-0.25, -0.2) is 0 Å². The fourth-order valence-electron chi connectivity index (χ4n) is 2.47. The summed E-state index contributed by atoms with van der Waals surface area (Å²) in [5, 5.41) is 0. The van der Waals surface area contributed by atoms with Gasteiger partial charge in [-0.3, -0.25) is 9.59 Å². The molecule has 1 fully saturated rings. The van der Waals surface area contributed by atoms with Crippen molar-refractivity contribution in [3.63, 3.8) is 0 Å². The molecule has 0 bridgehead atoms. The summed E-state index contributed by atoms with van der Waals surface area (Å²) in [5.41, 5.74) is 0.641. The summed E-state index contributed by atoms with van der Waals surface area (Å²) in [6.45, 7) is 8.18. The second-order valence-corrected chi connectivity index (χ2v) is 5.28. The van der Waals surface area contributed by atoms with E-state index in [1.54, 1.807) is 42.2 Å². The molecule has 118 valence electrons. The molecule has 5 nitrogen and oxygen atoms in total. The number of hydrogen-bond acceptors (Lipinski definition) is 3. The highest BCUT2D eigenvalue weighted by Crippen LogP contribution is 2.15. The van der Waals surface area contributed by atoms with Crippen LogP contribution in [-0.4, -0.2) is 54.4 Å². The van der Waals surface area contributed by atoms with E-state index in [0.29, 0.717) is 38.3 Å². The number of benzene rings is 1. The molecule has 1 aromatic carbocycles. The summed E-state index contributed by atoms with van der Waals surface area (Å²) in [7, 11) is 0. The Morgan fingerprint density at radius 1 is 1.14 bits per heavy atom. The highest BCUT2D eigenvalue weighted by Gasteiger charge is 2.21. The number of nitrogens with zero attached hydrogens (tertiary/aromatic N) is 2. The lowest BCUT2D eigenvalue weighted by atomic mass is 10.2. The Morgan fingerprint density at radius 3 is 2.41 bits per heavy atom. The number of carbonyl (C=O) groups excluding carboxylic acids is 2. The molecule has 22 heavy (non-hydrogen) atoms. The van der Waals surface area contributed by atoms with Gasteiger partial charge < -0.3 is 14.5 Å². The van der Waals surface area contributed by atoms with Crippen molar-refractivity contribution in [3.05, 3.63) is 42.5 Å². The van der Waals surface area contributed by atoms with Gasteiger partial charge in [0, 0.05) is 38.7 Å². The van der Waals surface area contributed by atoms with E-state index in [1.807, 2.05) is 4.90 Å². The molecule has 1 heterocycles. The topological polar surface area (TPSA) is 49.9 Å². The third-order valence-corrected chi connectivity index (χ3v) is 3.70. The summed E-state index contributed by atoms with van der Waals surface area (Å²) in [6.07, 6.45) is 2.49. The molecule has 0 aromatic heterocycles. The lowest BCUT2D eigenvalue weighted by Gasteiger charge is -2.21. The van der Waals surface area contributed by atoms with Crippen molar-refractivity contribution in [2.45, 2.75) is 13.3 Å². The fourth-order valence-corrected chi connectivity index (χ4v) is 2.47. The van der Waals surface area contributed by atoms with Crippen molar-refractivity contribution in [1.82, 2.24) is 9.80 Å². The first-order valence-corrected chi connectivity index (χ1v) is 7.50. The molecule has 0 unspecified atom stereocenters. The zero-order chi connectivity index (χ0) is 15.9. The zero-order valence-corrected chi connectivity index (χ0v) is 13.0. The first-order valence-electron chi connectivity index (χ1n) is 7.50. The van der Waals surface area contributed by atoms with Crippen LogP contribution in [0.2, 0.25) is 0 Å². The molecule has 1 aliphatic rings. The van der Waals surface area contributed by atoms with E-state index in [9.17, 15) is 9.59 Å². The van der Waals surface area contributed by atoms with Crippen molar-refractivity contribution >= 4 is 11.8 Å². The van der Waals surface area contributed by atoms with Gasteiger partial charge in [0.15, 0.2) is 0 Å². The smallest absolute Gasteiger partial charge is 0.253 e. The Labute approximate surface area is 131 Å². The first kappa shape index (κ1) is 16.1. The molecular formula is C17H22N2O3. The number of carbonyl (C=O) groups is 2. The first-order chi connectivity index (χ1) is 10.6. The minimum atomic E-state index is 0.000623. The molecule has 2 amide bonds. The van der Waals surface area contributed by atoms with Crippen LogP contribution in [0.5, 0.6) is 5.75 Å². The summed E-state index contributed by atoms with van der Waals surface area (Å²) in [4.78, 5) is 27.5. The van der Waals surface area contributed by atoms with Crippen molar-refractivity contribution in [2.24, 2.45) is 0 Å². The second kappa shape index (κ2) is 7.64. The highest BCUT2D eigenvalue weighted by atomic mass is 16.5. The molecule has 0 N–H and O–H groups in total. The lowest BCUT2D eigenvalue weighted by Crippen LogP contribution is -2.36. The van der Waals surface area contributed by atoms with Crippen LogP contribution in [0.1, 0.15) is 23.7 Å². The van der Waals surface area contributed by atoms with Crippen LogP contribution in [0, 0.1) is 0 Å². The van der Waals surface area contributed by atoms with Crippen molar-refractivity contribution in [1.29, 1.82) is 0 Å². The third kappa shape index (κ3) is 4.10. The van der Waals surface area contributed by atoms with E-state index < -0.39 is 0 Å². The summed E-state index contributed by atoms with van der Waals surface area (Å²) in [6, 6.07) is 7.12. The Balaban J connectivity index is 1.98. The number of hydrogen-bond donors (Lipinski definition) is 0. The molecule has 0 radical (unpaired) electrons. The monoisotopic (exact) mass is 302 g/mol.